The molecule has 1 fully saturated rings. The Bertz CT molecular complexity index is 941. The summed E-state index contributed by atoms with van der Waals surface area (Å²) in [5, 5.41) is 9.60. The minimum Gasteiger partial charge on any atom is -0.383 e. The van der Waals surface area contributed by atoms with Gasteiger partial charge >= 0.3 is 0 Å². The Balaban J connectivity index is 2.11. The van der Waals surface area contributed by atoms with Crippen molar-refractivity contribution in [2.75, 3.05) is 45.2 Å². The zero-order valence-electron chi connectivity index (χ0n) is 19.3. The maximum atomic E-state index is 13.7. The summed E-state index contributed by atoms with van der Waals surface area (Å²) >= 11 is 0. The monoisotopic (exact) mass is 439 g/mol. The van der Waals surface area contributed by atoms with Gasteiger partial charge in [0.25, 0.3) is 11.8 Å². The summed E-state index contributed by atoms with van der Waals surface area (Å²) in [6.07, 6.45) is 1.70. The number of aromatic nitrogens is 1. The van der Waals surface area contributed by atoms with Gasteiger partial charge in [-0.3, -0.25) is 14.6 Å². The Labute approximate surface area is 189 Å². The van der Waals surface area contributed by atoms with Crippen molar-refractivity contribution in [1.82, 2.24) is 20.5 Å². The van der Waals surface area contributed by atoms with E-state index >= 15 is 0 Å². The van der Waals surface area contributed by atoms with Crippen LogP contribution in [0.5, 0.6) is 0 Å². The van der Waals surface area contributed by atoms with Gasteiger partial charge in [-0.1, -0.05) is 12.1 Å². The molecule has 1 atom stereocenters. The molecule has 3 rings (SSSR count). The molecule has 32 heavy (non-hydrogen) atoms. The van der Waals surface area contributed by atoms with Gasteiger partial charge in [0.1, 0.15) is 0 Å². The van der Waals surface area contributed by atoms with Crippen LogP contribution in [0.25, 0.3) is 11.3 Å². The van der Waals surface area contributed by atoms with Crippen LogP contribution in [0.1, 0.15) is 41.5 Å². The summed E-state index contributed by atoms with van der Waals surface area (Å²) in [6.45, 7) is 8.98. The predicted molar refractivity (Wildman–Crippen MR) is 126 cm³/mol. The first-order valence-electron chi connectivity index (χ1n) is 11.1. The normalized spacial score (nSPS) is 14.8. The molecule has 2 heterocycles. The molecule has 8 nitrogen and oxygen atoms in total. The van der Waals surface area contributed by atoms with Gasteiger partial charge in [0.15, 0.2) is 0 Å². The van der Waals surface area contributed by atoms with E-state index in [1.165, 1.54) is 0 Å². The Morgan fingerprint density at radius 2 is 1.91 bits per heavy atom. The third-order valence-corrected chi connectivity index (χ3v) is 5.23. The topological polar surface area (TPSA) is 95.6 Å². The maximum Gasteiger partial charge on any atom is 0.255 e. The Morgan fingerprint density at radius 1 is 1.16 bits per heavy atom. The van der Waals surface area contributed by atoms with E-state index in [-0.39, 0.29) is 23.9 Å². The third kappa shape index (κ3) is 5.63. The number of nitrogens with one attached hydrogen (secondary N) is 3. The molecule has 1 unspecified atom stereocenters. The van der Waals surface area contributed by atoms with Crippen LogP contribution >= 0.6 is 0 Å². The van der Waals surface area contributed by atoms with Crippen LogP contribution in [0.2, 0.25) is 0 Å². The molecule has 1 aliphatic rings. The quantitative estimate of drug-likeness (QED) is 0.585. The molecule has 0 radical (unpaired) electrons. The highest BCUT2D eigenvalue weighted by Gasteiger charge is 2.28. The van der Waals surface area contributed by atoms with E-state index in [4.69, 9.17) is 4.74 Å². The van der Waals surface area contributed by atoms with Crippen molar-refractivity contribution < 1.29 is 14.3 Å². The van der Waals surface area contributed by atoms with Crippen LogP contribution in [-0.4, -0.2) is 73.7 Å². The number of hydrogen-bond donors (Lipinski definition) is 3. The summed E-state index contributed by atoms with van der Waals surface area (Å²) in [5.74, 6) is -0.461. The van der Waals surface area contributed by atoms with Gasteiger partial charge in [0.05, 0.1) is 29.1 Å². The number of benzene rings is 1. The number of carbonyl (C=O) groups is 2. The fraction of sp³-hybridized carbons (Fsp3) is 0.458. The second-order valence-corrected chi connectivity index (χ2v) is 8.30. The number of carbonyl (C=O) groups excluding carboxylic acids is 2. The van der Waals surface area contributed by atoms with Gasteiger partial charge in [-0.2, -0.15) is 0 Å². The van der Waals surface area contributed by atoms with Crippen LogP contribution in [-0.2, 0) is 4.74 Å². The lowest BCUT2D eigenvalue weighted by molar-refractivity contribution is 0.0729. The SMILES string of the molecule is COCC(C)NC(=O)c1cccc(-c2ncccc2NC(C)C)c1C(=O)N1CCNCC1. The molecular formula is C24H33N5O3. The van der Waals surface area contributed by atoms with Gasteiger partial charge in [0, 0.05) is 57.1 Å². The fourth-order valence-corrected chi connectivity index (χ4v) is 3.84. The second-order valence-electron chi connectivity index (χ2n) is 8.30. The number of amides is 2. The molecule has 0 bridgehead atoms. The van der Waals surface area contributed by atoms with E-state index in [0.717, 1.165) is 18.8 Å². The van der Waals surface area contributed by atoms with Crippen molar-refractivity contribution in [2.45, 2.75) is 32.9 Å². The van der Waals surface area contributed by atoms with Gasteiger partial charge in [-0.15, -0.1) is 0 Å². The highest BCUT2D eigenvalue weighted by molar-refractivity contribution is 6.11. The van der Waals surface area contributed by atoms with Crippen molar-refractivity contribution in [1.29, 1.82) is 0 Å². The molecule has 0 spiro atoms. The Kier molecular flexibility index (Phi) is 8.19. The van der Waals surface area contributed by atoms with Crippen molar-refractivity contribution in [3.63, 3.8) is 0 Å². The van der Waals surface area contributed by atoms with Crippen molar-refractivity contribution >= 4 is 17.5 Å². The summed E-state index contributed by atoms with van der Waals surface area (Å²) in [6, 6.07) is 9.15. The van der Waals surface area contributed by atoms with Crippen LogP contribution in [0.4, 0.5) is 5.69 Å². The highest BCUT2D eigenvalue weighted by Crippen LogP contribution is 2.32. The number of ether oxygens (including phenoxy) is 1. The first kappa shape index (κ1) is 23.7. The first-order valence-corrected chi connectivity index (χ1v) is 11.1. The van der Waals surface area contributed by atoms with Crippen molar-refractivity contribution in [2.24, 2.45) is 0 Å². The summed E-state index contributed by atoms with van der Waals surface area (Å²) in [5.41, 5.74) is 2.84. The van der Waals surface area contributed by atoms with E-state index in [1.54, 1.807) is 30.3 Å². The molecule has 0 aliphatic carbocycles. The van der Waals surface area contributed by atoms with E-state index < -0.39 is 0 Å². The summed E-state index contributed by atoms with van der Waals surface area (Å²) in [7, 11) is 1.59. The molecule has 172 valence electrons. The molecule has 1 aromatic heterocycles. The number of rotatable bonds is 8. The number of piperazine rings is 1. The van der Waals surface area contributed by atoms with E-state index in [1.807, 2.05) is 39.0 Å². The van der Waals surface area contributed by atoms with E-state index in [2.05, 4.69) is 20.9 Å². The average Bonchev–Trinajstić information content (AvgIpc) is 2.79. The third-order valence-electron chi connectivity index (χ3n) is 5.23. The van der Waals surface area contributed by atoms with Crippen molar-refractivity contribution in [3.05, 3.63) is 47.7 Å². The van der Waals surface area contributed by atoms with E-state index in [9.17, 15) is 9.59 Å². The molecule has 1 aromatic carbocycles. The van der Waals surface area contributed by atoms with E-state index in [0.29, 0.717) is 42.1 Å². The second kappa shape index (κ2) is 11.1. The molecule has 1 aliphatic heterocycles. The standard InChI is InChI=1S/C24H33N5O3/c1-16(2)27-20-9-6-10-26-22(20)18-7-5-8-19(23(30)28-17(3)15-32-4)21(18)24(31)29-13-11-25-12-14-29/h5-10,16-17,25,27H,11-15H2,1-4H3,(H,28,30). The predicted octanol–water partition coefficient (Wildman–Crippen LogP) is 2.38. The number of anilines is 1. The minimum atomic E-state index is -0.302. The van der Waals surface area contributed by atoms with Crippen molar-refractivity contribution in [3.8, 4) is 11.3 Å². The Hall–Kier alpha value is -2.97. The molecule has 2 aromatic rings. The van der Waals surface area contributed by atoms with Crippen LogP contribution in [0.3, 0.4) is 0 Å². The highest BCUT2D eigenvalue weighted by atomic mass is 16.5. The smallest absolute Gasteiger partial charge is 0.255 e. The lowest BCUT2D eigenvalue weighted by atomic mass is 9.95. The number of methoxy groups -OCH3 is 1. The maximum absolute atomic E-state index is 13.7. The number of hydrogen-bond acceptors (Lipinski definition) is 6. The molecule has 0 saturated carbocycles. The largest absolute Gasteiger partial charge is 0.383 e. The minimum absolute atomic E-state index is 0.159. The average molecular weight is 440 g/mol. The van der Waals surface area contributed by atoms with Crippen LogP contribution in [0.15, 0.2) is 36.5 Å². The Morgan fingerprint density at radius 3 is 2.59 bits per heavy atom. The molecule has 8 heteroatoms. The van der Waals surface area contributed by atoms with Gasteiger partial charge < -0.3 is 25.6 Å². The van der Waals surface area contributed by atoms with Gasteiger partial charge in [-0.05, 0) is 39.0 Å². The first-order chi connectivity index (χ1) is 15.4. The van der Waals surface area contributed by atoms with Crippen LogP contribution < -0.4 is 16.0 Å². The van der Waals surface area contributed by atoms with Gasteiger partial charge in [-0.25, -0.2) is 0 Å². The zero-order valence-corrected chi connectivity index (χ0v) is 19.3. The zero-order chi connectivity index (χ0) is 23.1. The lowest BCUT2D eigenvalue weighted by Crippen LogP contribution is -2.47. The molecule has 2 amide bonds. The summed E-state index contributed by atoms with van der Waals surface area (Å²) < 4.78 is 5.14. The number of pyridine rings is 1. The lowest BCUT2D eigenvalue weighted by Gasteiger charge is -2.29. The van der Waals surface area contributed by atoms with Crippen LogP contribution in [0, 0.1) is 0 Å². The fourth-order valence-electron chi connectivity index (χ4n) is 3.84. The molecular weight excluding hydrogens is 406 g/mol. The van der Waals surface area contributed by atoms with Gasteiger partial charge in [0.2, 0.25) is 0 Å². The number of nitrogens with zero attached hydrogens (tertiary/aromatic N) is 2. The molecule has 3 N–H and O–H groups in total. The molecule has 1 saturated heterocycles. The summed E-state index contributed by atoms with van der Waals surface area (Å²) in [4.78, 5) is 33.3.